The number of carbonyl (C=O) groups is 1. The van der Waals surface area contributed by atoms with Crippen LogP contribution >= 0.6 is 11.8 Å². The number of hydrogen-bond donors (Lipinski definition) is 0. The number of nitro groups is 1. The molecule has 5 nitrogen and oxygen atoms in total. The van der Waals surface area contributed by atoms with Gasteiger partial charge in [0.2, 0.25) is 5.75 Å². The molecule has 0 aliphatic carbocycles. The summed E-state index contributed by atoms with van der Waals surface area (Å²) in [6.07, 6.45) is 2.51. The topological polar surface area (TPSA) is 69.4 Å². The van der Waals surface area contributed by atoms with Gasteiger partial charge in [0, 0.05) is 12.5 Å². The number of ketones is 1. The van der Waals surface area contributed by atoms with Crippen LogP contribution in [0.2, 0.25) is 0 Å². The molecule has 0 aromatic heterocycles. The number of para-hydroxylation sites is 1. The minimum Gasteiger partial charge on any atom is -0.490 e. The standard InChI is InChI=1S/C14H17NO4S/c1-19-14-11(3-2-4-12(14)15(17)18)13(16)9-10-5-7-20-8-6-10/h2-4,10H,5-9H2,1H3. The molecule has 6 heteroatoms. The number of nitrogens with zero attached hydrogens (tertiary/aromatic N) is 1. The quantitative estimate of drug-likeness (QED) is 0.473. The summed E-state index contributed by atoms with van der Waals surface area (Å²) in [5, 5.41) is 11.0. The number of hydrogen-bond acceptors (Lipinski definition) is 5. The van der Waals surface area contributed by atoms with Crippen LogP contribution in [0.5, 0.6) is 5.75 Å². The van der Waals surface area contributed by atoms with Gasteiger partial charge in [-0.05, 0) is 36.3 Å². The van der Waals surface area contributed by atoms with Gasteiger partial charge in [0.15, 0.2) is 5.78 Å². The molecule has 0 radical (unpaired) electrons. The minimum absolute atomic E-state index is 0.0672. The van der Waals surface area contributed by atoms with Gasteiger partial charge in [0.25, 0.3) is 0 Å². The van der Waals surface area contributed by atoms with Gasteiger partial charge < -0.3 is 4.74 Å². The van der Waals surface area contributed by atoms with Crippen molar-refractivity contribution < 1.29 is 14.5 Å². The molecule has 0 saturated carbocycles. The molecule has 1 aromatic carbocycles. The number of Topliss-reactive ketones (excluding diaryl/α,β-unsaturated/α-hetero) is 1. The minimum atomic E-state index is -0.521. The molecule has 0 unspecified atom stereocenters. The largest absolute Gasteiger partial charge is 0.490 e. The average Bonchev–Trinajstić information content (AvgIpc) is 2.47. The number of benzene rings is 1. The third-order valence-electron chi connectivity index (χ3n) is 3.51. The van der Waals surface area contributed by atoms with Crippen LogP contribution in [-0.2, 0) is 0 Å². The molecular formula is C14H17NO4S. The summed E-state index contributed by atoms with van der Waals surface area (Å²) in [5.74, 6) is 2.57. The Labute approximate surface area is 121 Å². The van der Waals surface area contributed by atoms with Crippen molar-refractivity contribution in [1.29, 1.82) is 0 Å². The molecule has 1 aliphatic rings. The highest BCUT2D eigenvalue weighted by Gasteiger charge is 2.25. The maximum Gasteiger partial charge on any atom is 0.311 e. The highest BCUT2D eigenvalue weighted by molar-refractivity contribution is 7.99. The van der Waals surface area contributed by atoms with E-state index < -0.39 is 4.92 Å². The summed E-state index contributed by atoms with van der Waals surface area (Å²) in [5.41, 5.74) is 0.164. The smallest absolute Gasteiger partial charge is 0.311 e. The number of carbonyl (C=O) groups excluding carboxylic acids is 1. The number of ether oxygens (including phenoxy) is 1. The monoisotopic (exact) mass is 295 g/mol. The van der Waals surface area contributed by atoms with Gasteiger partial charge in [0.05, 0.1) is 17.6 Å². The second kappa shape index (κ2) is 6.74. The van der Waals surface area contributed by atoms with Crippen LogP contribution in [-0.4, -0.2) is 29.3 Å². The van der Waals surface area contributed by atoms with Gasteiger partial charge in [-0.15, -0.1) is 0 Å². The van der Waals surface area contributed by atoms with E-state index in [1.807, 2.05) is 11.8 Å². The molecule has 108 valence electrons. The summed E-state index contributed by atoms with van der Waals surface area (Å²) in [7, 11) is 1.36. The van der Waals surface area contributed by atoms with Gasteiger partial charge in [-0.1, -0.05) is 6.07 Å². The molecule has 0 bridgehead atoms. The van der Waals surface area contributed by atoms with Crippen molar-refractivity contribution in [1.82, 2.24) is 0 Å². The Kier molecular flexibility index (Phi) is 5.00. The lowest BCUT2D eigenvalue weighted by atomic mass is 9.93. The van der Waals surface area contributed by atoms with Crippen molar-refractivity contribution >= 4 is 23.2 Å². The zero-order valence-corrected chi connectivity index (χ0v) is 12.1. The fourth-order valence-electron chi connectivity index (χ4n) is 2.43. The molecule has 2 rings (SSSR count). The highest BCUT2D eigenvalue weighted by atomic mass is 32.2. The van der Waals surface area contributed by atoms with E-state index in [9.17, 15) is 14.9 Å². The summed E-state index contributed by atoms with van der Waals surface area (Å²) in [6.45, 7) is 0. The van der Waals surface area contributed by atoms with Crippen LogP contribution < -0.4 is 4.74 Å². The fourth-order valence-corrected chi connectivity index (χ4v) is 3.63. The van der Waals surface area contributed by atoms with E-state index in [0.29, 0.717) is 17.9 Å². The Bertz CT molecular complexity index is 512. The molecule has 1 heterocycles. The van der Waals surface area contributed by atoms with Crippen LogP contribution in [0.15, 0.2) is 18.2 Å². The second-order valence-electron chi connectivity index (χ2n) is 4.80. The van der Waals surface area contributed by atoms with Crippen LogP contribution in [0.1, 0.15) is 29.6 Å². The Morgan fingerprint density at radius 2 is 2.15 bits per heavy atom. The molecule has 20 heavy (non-hydrogen) atoms. The van der Waals surface area contributed by atoms with Gasteiger partial charge in [-0.25, -0.2) is 0 Å². The first-order valence-electron chi connectivity index (χ1n) is 6.55. The molecule has 0 amide bonds. The maximum atomic E-state index is 12.4. The molecule has 1 fully saturated rings. The van der Waals surface area contributed by atoms with E-state index in [-0.39, 0.29) is 17.2 Å². The van der Waals surface area contributed by atoms with E-state index in [4.69, 9.17) is 4.74 Å². The number of methoxy groups -OCH3 is 1. The Balaban J connectivity index is 2.20. The zero-order chi connectivity index (χ0) is 14.5. The normalized spacial score (nSPS) is 15.8. The molecule has 0 spiro atoms. The summed E-state index contributed by atoms with van der Waals surface area (Å²) in [4.78, 5) is 22.8. The molecule has 1 aromatic rings. The van der Waals surface area contributed by atoms with Crippen molar-refractivity contribution in [2.24, 2.45) is 5.92 Å². The maximum absolute atomic E-state index is 12.4. The Morgan fingerprint density at radius 3 is 2.75 bits per heavy atom. The number of nitro benzene ring substituents is 1. The van der Waals surface area contributed by atoms with Crippen LogP contribution in [0.3, 0.4) is 0 Å². The second-order valence-corrected chi connectivity index (χ2v) is 6.02. The van der Waals surface area contributed by atoms with Gasteiger partial charge >= 0.3 is 5.69 Å². The number of rotatable bonds is 5. The molecule has 1 aliphatic heterocycles. The average molecular weight is 295 g/mol. The summed E-state index contributed by atoms with van der Waals surface area (Å²) in [6, 6.07) is 4.49. The predicted octanol–water partition coefficient (Wildman–Crippen LogP) is 3.32. The van der Waals surface area contributed by atoms with E-state index in [1.54, 1.807) is 6.07 Å². The first-order valence-corrected chi connectivity index (χ1v) is 7.71. The lowest BCUT2D eigenvalue weighted by Crippen LogP contribution is -2.15. The first-order chi connectivity index (χ1) is 9.63. The third-order valence-corrected chi connectivity index (χ3v) is 4.56. The van der Waals surface area contributed by atoms with E-state index in [1.165, 1.54) is 19.2 Å². The lowest BCUT2D eigenvalue weighted by Gasteiger charge is -2.20. The van der Waals surface area contributed by atoms with Crippen molar-refractivity contribution in [3.8, 4) is 5.75 Å². The van der Waals surface area contributed by atoms with Gasteiger partial charge in [0.1, 0.15) is 0 Å². The highest BCUT2D eigenvalue weighted by Crippen LogP contribution is 2.33. The van der Waals surface area contributed by atoms with Crippen LogP contribution in [0.4, 0.5) is 5.69 Å². The van der Waals surface area contributed by atoms with E-state index in [0.717, 1.165) is 24.3 Å². The van der Waals surface area contributed by atoms with E-state index in [2.05, 4.69) is 0 Å². The SMILES string of the molecule is COc1c(C(=O)CC2CCSCC2)cccc1[N+](=O)[O-]. The van der Waals surface area contributed by atoms with Crippen molar-refractivity contribution in [3.05, 3.63) is 33.9 Å². The van der Waals surface area contributed by atoms with Gasteiger partial charge in [-0.3, -0.25) is 14.9 Å². The van der Waals surface area contributed by atoms with Crippen molar-refractivity contribution in [2.75, 3.05) is 18.6 Å². The molecular weight excluding hydrogens is 278 g/mol. The fraction of sp³-hybridized carbons (Fsp3) is 0.500. The predicted molar refractivity (Wildman–Crippen MR) is 78.6 cm³/mol. The summed E-state index contributed by atoms with van der Waals surface area (Å²) >= 11 is 1.91. The number of thioether (sulfide) groups is 1. The zero-order valence-electron chi connectivity index (χ0n) is 11.3. The van der Waals surface area contributed by atoms with E-state index >= 15 is 0 Å². The van der Waals surface area contributed by atoms with Crippen LogP contribution in [0.25, 0.3) is 0 Å². The molecule has 1 saturated heterocycles. The Morgan fingerprint density at radius 1 is 1.45 bits per heavy atom. The van der Waals surface area contributed by atoms with Gasteiger partial charge in [-0.2, -0.15) is 11.8 Å². The third kappa shape index (κ3) is 3.30. The van der Waals surface area contributed by atoms with Crippen molar-refractivity contribution in [3.63, 3.8) is 0 Å². The molecule has 0 atom stereocenters. The molecule has 0 N–H and O–H groups in total. The van der Waals surface area contributed by atoms with Crippen molar-refractivity contribution in [2.45, 2.75) is 19.3 Å². The van der Waals surface area contributed by atoms with Crippen LogP contribution in [0, 0.1) is 16.0 Å². The summed E-state index contributed by atoms with van der Waals surface area (Å²) < 4.78 is 5.08. The first kappa shape index (κ1) is 14.8. The lowest BCUT2D eigenvalue weighted by molar-refractivity contribution is -0.385. The Hall–Kier alpha value is -1.56.